The summed E-state index contributed by atoms with van der Waals surface area (Å²) < 4.78 is 0. The van der Waals surface area contributed by atoms with E-state index in [4.69, 9.17) is 0 Å². The van der Waals surface area contributed by atoms with Crippen LogP contribution in [-0.2, 0) is 20.9 Å². The average Bonchev–Trinajstić information content (AvgIpc) is 3.40. The number of nitrogens with zero attached hydrogens (tertiary/aromatic N) is 3. The Labute approximate surface area is 225 Å². The molecule has 1 aliphatic carbocycles. The lowest BCUT2D eigenvalue weighted by molar-refractivity contribution is -0.144. The van der Waals surface area contributed by atoms with Gasteiger partial charge < -0.3 is 25.7 Å². The number of benzene rings is 1. The number of amides is 3. The predicted molar refractivity (Wildman–Crippen MR) is 141 cm³/mol. The van der Waals surface area contributed by atoms with Crippen LogP contribution in [0, 0.1) is 29.1 Å². The fourth-order valence-electron chi connectivity index (χ4n) is 4.64. The van der Waals surface area contributed by atoms with E-state index < -0.39 is 46.7 Å². The zero-order chi connectivity index (χ0) is 27.8. The van der Waals surface area contributed by atoms with E-state index in [0.717, 1.165) is 16.1 Å². The van der Waals surface area contributed by atoms with E-state index in [1.807, 2.05) is 19.1 Å². The van der Waals surface area contributed by atoms with Crippen LogP contribution in [0.1, 0.15) is 51.3 Å². The van der Waals surface area contributed by atoms with Crippen molar-refractivity contribution in [1.82, 2.24) is 20.5 Å². The summed E-state index contributed by atoms with van der Waals surface area (Å²) in [5.41, 5.74) is 2.14. The van der Waals surface area contributed by atoms with Crippen LogP contribution in [0.15, 0.2) is 23.7 Å². The molecule has 2 aromatic rings. The number of aryl methyl sites for hydroxylation is 1. The maximum absolute atomic E-state index is 13.6. The van der Waals surface area contributed by atoms with Gasteiger partial charge in [-0.25, -0.2) is 4.98 Å². The normalized spacial score (nSPS) is 20.9. The molecular formula is C27H33N5O5S. The molecule has 1 aromatic heterocycles. The van der Waals surface area contributed by atoms with Gasteiger partial charge in [0.15, 0.2) is 0 Å². The Hall–Kier alpha value is -3.49. The van der Waals surface area contributed by atoms with Crippen LogP contribution >= 0.6 is 11.3 Å². The van der Waals surface area contributed by atoms with Crippen LogP contribution in [0.2, 0.25) is 0 Å². The second-order valence-corrected chi connectivity index (χ2v) is 12.0. The standard InChI is InChI=1S/C27H33N5O5S/c1-15-21(38-14-30-15)16-5-6-17(20(34)9-16)11-29-23(35)19-10-18(33)12-32(19)24(36)22(26(2,3)4)31-25(37)27(13-28)7-8-27/h5-6,9,14,18-19,22,33-34H,7-8,10-12H2,1-4H3,(H,29,35)(H,31,37)/t18-,19+,22?/m1/s1. The largest absolute Gasteiger partial charge is 0.508 e. The highest BCUT2D eigenvalue weighted by molar-refractivity contribution is 7.13. The first kappa shape index (κ1) is 27.5. The van der Waals surface area contributed by atoms with Gasteiger partial charge in [-0.15, -0.1) is 11.3 Å². The van der Waals surface area contributed by atoms with E-state index in [-0.39, 0.29) is 25.3 Å². The summed E-state index contributed by atoms with van der Waals surface area (Å²) in [6.07, 6.45) is 0.0621. The summed E-state index contributed by atoms with van der Waals surface area (Å²) in [7, 11) is 0. The molecular weight excluding hydrogens is 506 g/mol. The minimum atomic E-state index is -1.10. The Morgan fingerprint density at radius 3 is 2.58 bits per heavy atom. The molecule has 1 saturated carbocycles. The van der Waals surface area contributed by atoms with Crippen molar-refractivity contribution < 1.29 is 24.6 Å². The quantitative estimate of drug-likeness (QED) is 0.420. The van der Waals surface area contributed by atoms with Crippen molar-refractivity contribution in [1.29, 1.82) is 5.26 Å². The van der Waals surface area contributed by atoms with Crippen LogP contribution in [0.4, 0.5) is 0 Å². The molecule has 4 N–H and O–H groups in total. The van der Waals surface area contributed by atoms with Gasteiger partial charge in [0.2, 0.25) is 17.7 Å². The number of β-amino-alcohol motifs (C(OH)–C–C–N with tert-alkyl or cyclic N) is 1. The van der Waals surface area contributed by atoms with Crippen molar-refractivity contribution in [3.63, 3.8) is 0 Å². The molecule has 4 rings (SSSR count). The number of nitrogens with one attached hydrogen (secondary N) is 2. The maximum Gasteiger partial charge on any atom is 0.246 e. The third-order valence-electron chi connectivity index (χ3n) is 7.20. The first-order chi connectivity index (χ1) is 17.9. The van der Waals surface area contributed by atoms with Crippen molar-refractivity contribution in [3.8, 4) is 22.3 Å². The van der Waals surface area contributed by atoms with Crippen LogP contribution in [0.5, 0.6) is 5.75 Å². The molecule has 3 atom stereocenters. The number of phenols is 1. The SMILES string of the molecule is Cc1ncsc1-c1ccc(CNC(=O)[C@@H]2C[C@@H](O)CN2C(=O)C(NC(=O)C2(C#N)CC2)C(C)(C)C)c(O)c1. The molecule has 38 heavy (non-hydrogen) atoms. The van der Waals surface area contributed by atoms with Crippen LogP contribution in [0.25, 0.3) is 10.4 Å². The number of carbonyl (C=O) groups excluding carboxylic acids is 3. The summed E-state index contributed by atoms with van der Waals surface area (Å²) in [4.78, 5) is 46.0. The molecule has 1 unspecified atom stereocenters. The zero-order valence-electron chi connectivity index (χ0n) is 21.9. The van der Waals surface area contributed by atoms with Gasteiger partial charge in [-0.05, 0) is 36.8 Å². The third kappa shape index (κ3) is 5.51. The Morgan fingerprint density at radius 1 is 1.32 bits per heavy atom. The lowest BCUT2D eigenvalue weighted by Crippen LogP contribution is -2.58. The highest BCUT2D eigenvalue weighted by Crippen LogP contribution is 2.45. The smallest absolute Gasteiger partial charge is 0.246 e. The maximum atomic E-state index is 13.6. The highest BCUT2D eigenvalue weighted by atomic mass is 32.1. The molecule has 2 aliphatic rings. The number of thiazole rings is 1. The second kappa shape index (κ2) is 10.3. The Morgan fingerprint density at radius 2 is 2.03 bits per heavy atom. The molecule has 10 nitrogen and oxygen atoms in total. The molecule has 2 heterocycles. The van der Waals surface area contributed by atoms with Gasteiger partial charge >= 0.3 is 0 Å². The van der Waals surface area contributed by atoms with Gasteiger partial charge in [0.05, 0.1) is 28.3 Å². The van der Waals surface area contributed by atoms with Gasteiger partial charge in [-0.2, -0.15) is 5.26 Å². The Kier molecular flexibility index (Phi) is 7.50. The summed E-state index contributed by atoms with van der Waals surface area (Å²) in [6.45, 7) is 7.27. The van der Waals surface area contributed by atoms with E-state index >= 15 is 0 Å². The minimum Gasteiger partial charge on any atom is -0.508 e. The van der Waals surface area contributed by atoms with Crippen LogP contribution in [-0.4, -0.2) is 62.6 Å². The number of aliphatic hydroxyl groups excluding tert-OH is 1. The topological polar surface area (TPSA) is 156 Å². The lowest BCUT2D eigenvalue weighted by atomic mass is 9.85. The number of aromatic nitrogens is 1. The molecule has 0 spiro atoms. The number of hydrogen-bond acceptors (Lipinski definition) is 8. The number of rotatable bonds is 7. The third-order valence-corrected chi connectivity index (χ3v) is 8.18. The summed E-state index contributed by atoms with van der Waals surface area (Å²) in [5, 5.41) is 35.8. The molecule has 2 fully saturated rings. The van der Waals surface area contributed by atoms with Crippen molar-refractivity contribution in [3.05, 3.63) is 35.0 Å². The molecule has 11 heteroatoms. The highest BCUT2D eigenvalue weighted by Gasteiger charge is 2.53. The summed E-state index contributed by atoms with van der Waals surface area (Å²) in [6, 6.07) is 5.32. The zero-order valence-corrected chi connectivity index (χ0v) is 22.8. The molecule has 0 radical (unpaired) electrons. The van der Waals surface area contributed by atoms with E-state index in [1.165, 1.54) is 16.2 Å². The lowest BCUT2D eigenvalue weighted by Gasteiger charge is -2.35. The molecule has 202 valence electrons. The van der Waals surface area contributed by atoms with Gasteiger partial charge in [0, 0.05) is 25.1 Å². The van der Waals surface area contributed by atoms with Crippen molar-refractivity contribution in [2.45, 2.75) is 71.7 Å². The van der Waals surface area contributed by atoms with Gasteiger partial charge in [0.25, 0.3) is 0 Å². The number of nitriles is 1. The number of aromatic hydroxyl groups is 1. The first-order valence-electron chi connectivity index (χ1n) is 12.6. The Bertz CT molecular complexity index is 1290. The Balaban J connectivity index is 1.45. The van der Waals surface area contributed by atoms with Crippen molar-refractivity contribution in [2.75, 3.05) is 6.54 Å². The monoisotopic (exact) mass is 539 g/mol. The van der Waals surface area contributed by atoms with Crippen molar-refractivity contribution >= 4 is 29.1 Å². The summed E-state index contributed by atoms with van der Waals surface area (Å²) in [5.74, 6) is -1.41. The van der Waals surface area contributed by atoms with E-state index in [1.54, 1.807) is 38.4 Å². The predicted octanol–water partition coefficient (Wildman–Crippen LogP) is 2.24. The van der Waals surface area contributed by atoms with Crippen LogP contribution in [0.3, 0.4) is 0 Å². The van der Waals surface area contributed by atoms with Crippen molar-refractivity contribution in [2.24, 2.45) is 10.8 Å². The van der Waals surface area contributed by atoms with E-state index in [0.29, 0.717) is 18.4 Å². The van der Waals surface area contributed by atoms with Gasteiger partial charge in [-0.1, -0.05) is 32.9 Å². The van der Waals surface area contributed by atoms with Gasteiger partial charge in [-0.3, -0.25) is 14.4 Å². The number of aliphatic hydroxyl groups is 1. The first-order valence-corrected chi connectivity index (χ1v) is 13.4. The fourth-order valence-corrected chi connectivity index (χ4v) is 5.44. The molecule has 1 saturated heterocycles. The number of likely N-dealkylation sites (tertiary alicyclic amines) is 1. The number of hydrogen-bond donors (Lipinski definition) is 4. The fraction of sp³-hybridized carbons (Fsp3) is 0.519. The average molecular weight is 540 g/mol. The number of phenolic OH excluding ortho intramolecular Hbond substituents is 1. The van der Waals surface area contributed by atoms with E-state index in [2.05, 4.69) is 15.6 Å². The summed E-state index contributed by atoms with van der Waals surface area (Å²) >= 11 is 1.47. The second-order valence-electron chi connectivity index (χ2n) is 11.2. The minimum absolute atomic E-state index is 0.0250. The molecule has 1 aromatic carbocycles. The van der Waals surface area contributed by atoms with Crippen LogP contribution < -0.4 is 10.6 Å². The molecule has 1 aliphatic heterocycles. The molecule has 3 amide bonds. The number of carbonyl (C=O) groups is 3. The van der Waals surface area contributed by atoms with Gasteiger partial charge in [0.1, 0.15) is 23.2 Å². The van der Waals surface area contributed by atoms with E-state index in [9.17, 15) is 29.9 Å². The molecule has 0 bridgehead atoms.